The first kappa shape index (κ1) is 16.5. The molecule has 0 aliphatic rings. The zero-order valence-electron chi connectivity index (χ0n) is 14.1. The third-order valence-electron chi connectivity index (χ3n) is 4.01. The molecule has 2 N–H and O–H groups in total. The highest BCUT2D eigenvalue weighted by atomic mass is 16.4. The predicted molar refractivity (Wildman–Crippen MR) is 99.9 cm³/mol. The van der Waals surface area contributed by atoms with Gasteiger partial charge in [-0.1, -0.05) is 18.2 Å². The zero-order valence-corrected chi connectivity index (χ0v) is 14.1. The number of aromatic nitrogens is 1. The standard InChI is InChI=1S/C20H19N3O2/c1-14-12-17(15(2)23(14)19-6-4-3-5-7-19)13-21-22-18-10-8-16(9-11-18)20(24)25/h3-13,22H,1-2H3,(H,24,25)/b21-13+. The van der Waals surface area contributed by atoms with Crippen molar-refractivity contribution in [1.29, 1.82) is 0 Å². The first-order valence-electron chi connectivity index (χ1n) is 7.93. The fourth-order valence-electron chi connectivity index (χ4n) is 2.76. The number of hydrazone groups is 1. The number of aryl methyl sites for hydroxylation is 1. The second-order valence-electron chi connectivity index (χ2n) is 5.75. The van der Waals surface area contributed by atoms with Crippen molar-refractivity contribution >= 4 is 17.9 Å². The van der Waals surface area contributed by atoms with Gasteiger partial charge < -0.3 is 9.67 Å². The number of rotatable bonds is 5. The molecule has 3 aromatic rings. The molecule has 0 aliphatic carbocycles. The van der Waals surface area contributed by atoms with Gasteiger partial charge in [-0.3, -0.25) is 5.43 Å². The van der Waals surface area contributed by atoms with E-state index in [9.17, 15) is 4.79 Å². The number of para-hydroxylation sites is 1. The number of carboxylic acids is 1. The topological polar surface area (TPSA) is 66.6 Å². The van der Waals surface area contributed by atoms with Crippen LogP contribution in [0.1, 0.15) is 27.3 Å². The highest BCUT2D eigenvalue weighted by Crippen LogP contribution is 2.19. The summed E-state index contributed by atoms with van der Waals surface area (Å²) in [6.07, 6.45) is 1.77. The smallest absolute Gasteiger partial charge is 0.335 e. The maximum Gasteiger partial charge on any atom is 0.335 e. The monoisotopic (exact) mass is 333 g/mol. The van der Waals surface area contributed by atoms with Gasteiger partial charge in [0.1, 0.15) is 0 Å². The first-order chi connectivity index (χ1) is 12.1. The fraction of sp³-hybridized carbons (Fsp3) is 0.100. The number of nitrogens with zero attached hydrogens (tertiary/aromatic N) is 2. The summed E-state index contributed by atoms with van der Waals surface area (Å²) in [5.74, 6) is -0.941. The highest BCUT2D eigenvalue weighted by Gasteiger charge is 2.08. The Bertz CT molecular complexity index is 910. The Hall–Kier alpha value is -3.34. The molecular formula is C20H19N3O2. The van der Waals surface area contributed by atoms with E-state index in [1.54, 1.807) is 30.5 Å². The van der Waals surface area contributed by atoms with E-state index in [1.165, 1.54) is 0 Å². The van der Waals surface area contributed by atoms with Crippen molar-refractivity contribution in [3.05, 3.63) is 83.2 Å². The maximum absolute atomic E-state index is 10.8. The molecule has 25 heavy (non-hydrogen) atoms. The third kappa shape index (κ3) is 3.61. The van der Waals surface area contributed by atoms with Gasteiger partial charge >= 0.3 is 5.97 Å². The second kappa shape index (κ2) is 7.05. The molecule has 5 heteroatoms. The lowest BCUT2D eigenvalue weighted by atomic mass is 10.2. The number of aromatic carboxylic acids is 1. The molecule has 0 saturated carbocycles. The van der Waals surface area contributed by atoms with Crippen LogP contribution in [0.25, 0.3) is 5.69 Å². The van der Waals surface area contributed by atoms with Crippen LogP contribution in [0.2, 0.25) is 0 Å². The van der Waals surface area contributed by atoms with Crippen LogP contribution in [0.4, 0.5) is 5.69 Å². The van der Waals surface area contributed by atoms with Crippen molar-refractivity contribution in [2.75, 3.05) is 5.43 Å². The van der Waals surface area contributed by atoms with Gasteiger partial charge in [-0.25, -0.2) is 4.79 Å². The third-order valence-corrected chi connectivity index (χ3v) is 4.01. The first-order valence-corrected chi connectivity index (χ1v) is 7.93. The Labute approximate surface area is 146 Å². The van der Waals surface area contributed by atoms with Crippen LogP contribution in [0.15, 0.2) is 65.8 Å². The summed E-state index contributed by atoms with van der Waals surface area (Å²) in [4.78, 5) is 10.8. The van der Waals surface area contributed by atoms with E-state index in [2.05, 4.69) is 47.1 Å². The predicted octanol–water partition coefficient (Wildman–Crippen LogP) is 4.24. The molecule has 126 valence electrons. The van der Waals surface area contributed by atoms with Crippen LogP contribution in [-0.4, -0.2) is 21.9 Å². The number of anilines is 1. The number of hydrogen-bond donors (Lipinski definition) is 2. The molecule has 5 nitrogen and oxygen atoms in total. The molecule has 0 bridgehead atoms. The summed E-state index contributed by atoms with van der Waals surface area (Å²) in [6.45, 7) is 4.12. The van der Waals surface area contributed by atoms with Gasteiger partial charge in [0.05, 0.1) is 17.5 Å². The van der Waals surface area contributed by atoms with E-state index in [-0.39, 0.29) is 5.56 Å². The number of hydrogen-bond acceptors (Lipinski definition) is 3. The maximum atomic E-state index is 10.8. The number of nitrogens with one attached hydrogen (secondary N) is 1. The van der Waals surface area contributed by atoms with Gasteiger partial charge in [-0.15, -0.1) is 0 Å². The molecule has 3 rings (SSSR count). The molecule has 0 saturated heterocycles. The minimum atomic E-state index is -0.941. The van der Waals surface area contributed by atoms with Gasteiger partial charge in [-0.05, 0) is 56.3 Å². The van der Waals surface area contributed by atoms with Gasteiger partial charge in [0.2, 0.25) is 0 Å². The van der Waals surface area contributed by atoms with Crippen molar-refractivity contribution in [3.8, 4) is 5.69 Å². The summed E-state index contributed by atoms with van der Waals surface area (Å²) in [6, 6.07) is 18.7. The van der Waals surface area contributed by atoms with E-state index < -0.39 is 5.97 Å². The molecule has 0 unspecified atom stereocenters. The molecule has 0 radical (unpaired) electrons. The fourth-order valence-corrected chi connectivity index (χ4v) is 2.76. The van der Waals surface area contributed by atoms with Crippen molar-refractivity contribution in [2.45, 2.75) is 13.8 Å². The van der Waals surface area contributed by atoms with Crippen molar-refractivity contribution in [1.82, 2.24) is 4.57 Å². The Morgan fingerprint density at radius 1 is 1.08 bits per heavy atom. The van der Waals surface area contributed by atoms with E-state index in [1.807, 2.05) is 18.2 Å². The molecule has 2 aromatic carbocycles. The normalized spacial score (nSPS) is 11.0. The molecular weight excluding hydrogens is 314 g/mol. The van der Waals surface area contributed by atoms with E-state index >= 15 is 0 Å². The van der Waals surface area contributed by atoms with Crippen LogP contribution in [0.3, 0.4) is 0 Å². The zero-order chi connectivity index (χ0) is 17.8. The molecule has 0 aliphatic heterocycles. The Kier molecular flexibility index (Phi) is 4.66. The summed E-state index contributed by atoms with van der Waals surface area (Å²) in [5, 5.41) is 13.2. The number of carboxylic acid groups (broad SMARTS) is 1. The van der Waals surface area contributed by atoms with Crippen molar-refractivity contribution in [3.63, 3.8) is 0 Å². The molecule has 1 aromatic heterocycles. The summed E-state index contributed by atoms with van der Waals surface area (Å²) < 4.78 is 2.18. The highest BCUT2D eigenvalue weighted by molar-refractivity contribution is 5.88. The van der Waals surface area contributed by atoms with Gasteiger partial charge in [0.25, 0.3) is 0 Å². The Balaban J connectivity index is 1.77. The van der Waals surface area contributed by atoms with E-state index in [0.717, 1.165) is 28.3 Å². The SMILES string of the molecule is Cc1cc(/C=N/Nc2ccc(C(=O)O)cc2)c(C)n1-c1ccccc1. The lowest BCUT2D eigenvalue weighted by molar-refractivity contribution is 0.0697. The van der Waals surface area contributed by atoms with Crippen LogP contribution < -0.4 is 5.43 Å². The minimum absolute atomic E-state index is 0.251. The van der Waals surface area contributed by atoms with Gasteiger partial charge in [-0.2, -0.15) is 5.10 Å². The number of benzene rings is 2. The quantitative estimate of drug-likeness (QED) is 0.542. The molecule has 1 heterocycles. The minimum Gasteiger partial charge on any atom is -0.478 e. The number of carbonyl (C=O) groups is 1. The van der Waals surface area contributed by atoms with Crippen LogP contribution in [0.5, 0.6) is 0 Å². The molecule has 0 spiro atoms. The van der Waals surface area contributed by atoms with Gasteiger partial charge in [0, 0.05) is 22.6 Å². The summed E-state index contributed by atoms with van der Waals surface area (Å²) >= 11 is 0. The van der Waals surface area contributed by atoms with Crippen LogP contribution in [0, 0.1) is 13.8 Å². The largest absolute Gasteiger partial charge is 0.478 e. The average Bonchev–Trinajstić information content (AvgIpc) is 2.90. The van der Waals surface area contributed by atoms with Crippen molar-refractivity contribution < 1.29 is 9.90 Å². The molecule has 0 atom stereocenters. The average molecular weight is 333 g/mol. The Morgan fingerprint density at radius 3 is 2.40 bits per heavy atom. The lowest BCUT2D eigenvalue weighted by Crippen LogP contribution is -1.99. The van der Waals surface area contributed by atoms with E-state index in [0.29, 0.717) is 0 Å². The van der Waals surface area contributed by atoms with Crippen LogP contribution >= 0.6 is 0 Å². The summed E-state index contributed by atoms with van der Waals surface area (Å²) in [5.41, 5.74) is 8.29. The summed E-state index contributed by atoms with van der Waals surface area (Å²) in [7, 11) is 0. The molecule has 0 amide bonds. The second-order valence-corrected chi connectivity index (χ2v) is 5.75. The van der Waals surface area contributed by atoms with Crippen LogP contribution in [-0.2, 0) is 0 Å². The van der Waals surface area contributed by atoms with Crippen molar-refractivity contribution in [2.24, 2.45) is 5.10 Å². The Morgan fingerprint density at radius 2 is 1.76 bits per heavy atom. The molecule has 0 fully saturated rings. The lowest BCUT2D eigenvalue weighted by Gasteiger charge is -2.09. The van der Waals surface area contributed by atoms with E-state index in [4.69, 9.17) is 5.11 Å². The van der Waals surface area contributed by atoms with Gasteiger partial charge in [0.15, 0.2) is 0 Å².